The van der Waals surface area contributed by atoms with Crippen molar-refractivity contribution in [3.8, 4) is 0 Å². The summed E-state index contributed by atoms with van der Waals surface area (Å²) in [5.41, 5.74) is 6.20. The molecule has 10 heavy (non-hydrogen) atoms. The molecule has 0 bridgehead atoms. The summed E-state index contributed by atoms with van der Waals surface area (Å²) < 4.78 is 5.94. The van der Waals surface area contributed by atoms with Gasteiger partial charge in [0.25, 0.3) is 0 Å². The van der Waals surface area contributed by atoms with Crippen molar-refractivity contribution < 1.29 is 53.6 Å². The van der Waals surface area contributed by atoms with E-state index in [4.69, 9.17) is 5.73 Å². The summed E-state index contributed by atoms with van der Waals surface area (Å²) >= 11 is 2.68. The number of ether oxygens (including phenoxy) is 1. The van der Waals surface area contributed by atoms with Crippen molar-refractivity contribution >= 4 is 6.71 Å². The summed E-state index contributed by atoms with van der Waals surface area (Å²) in [6.45, 7) is 1.60. The number of nitrogens with two attached hydrogens (primary N) is 1. The molecule has 0 amide bonds. The van der Waals surface area contributed by atoms with Crippen molar-refractivity contribution in [3.63, 3.8) is 0 Å². The minimum absolute atomic E-state index is 0.401. The van der Waals surface area contributed by atoms with Crippen LogP contribution in [0.2, 0.25) is 0 Å². The van der Waals surface area contributed by atoms with Gasteiger partial charge < -0.3 is 0 Å². The predicted octanol–water partition coefficient (Wildman–Crippen LogP) is -0.256. The fraction of sp³-hybridized carbons (Fsp3) is 0.333. The van der Waals surface area contributed by atoms with E-state index in [1.54, 1.807) is 6.92 Å². The number of methoxy groups -OCH3 is 1. The molecule has 0 aromatic heterocycles. The van der Waals surface area contributed by atoms with E-state index in [2.05, 4.69) is 48.8 Å². The van der Waals surface area contributed by atoms with E-state index in [0.717, 1.165) is 0 Å². The van der Waals surface area contributed by atoms with Gasteiger partial charge in [0.2, 0.25) is 0 Å². The van der Waals surface area contributed by atoms with Gasteiger partial charge in [0.1, 0.15) is 0 Å². The van der Waals surface area contributed by atoms with Gasteiger partial charge >= 0.3 is 91.4 Å². The van der Waals surface area contributed by atoms with Crippen LogP contribution in [0.15, 0.2) is 11.3 Å². The Morgan fingerprint density at radius 1 is 1.70 bits per heavy atom. The number of hydrogen-bond donors (Lipinski definition) is 1. The van der Waals surface area contributed by atoms with Gasteiger partial charge in [0, 0.05) is 0 Å². The first-order valence-electron chi connectivity index (χ1n) is 2.55. The second-order valence-corrected chi connectivity index (χ2v) is 2.14. The first-order valence-corrected chi connectivity index (χ1v) is 3.54. The fourth-order valence-corrected chi connectivity index (χ4v) is 0.700. The van der Waals surface area contributed by atoms with Gasteiger partial charge in [-0.1, -0.05) is 0 Å². The average Bonchev–Trinajstić information content (AvgIpc) is 2.00. The molecule has 0 fully saturated rings. The Morgan fingerprint density at radius 2 is 2.20 bits per heavy atom. The van der Waals surface area contributed by atoms with E-state index in [9.17, 15) is 4.79 Å². The molecule has 0 rings (SSSR count). The third-order valence-corrected chi connectivity index (χ3v) is 1.54. The summed E-state index contributed by atoms with van der Waals surface area (Å²) in [4.78, 5) is 10.7. The molecule has 0 aliphatic heterocycles. The standard InChI is InChI=1S/C6H9NO2.Yb/c1-4(5(2)7)6(8)9-3;/h2H,7H2,1,3H3;/b5-4-;. The fourth-order valence-electron chi connectivity index (χ4n) is 0.329. The average molecular weight is 300 g/mol. The first kappa shape index (κ1) is 10.4. The third-order valence-electron chi connectivity index (χ3n) is 1.01. The number of allylic oxidation sites excluding steroid dienone is 1. The maximum atomic E-state index is 10.7. The predicted molar refractivity (Wildman–Crippen MR) is 35.0 cm³/mol. The monoisotopic (exact) mass is 301 g/mol. The number of hydrogen-bond acceptors (Lipinski definition) is 3. The zero-order valence-electron chi connectivity index (χ0n) is 5.74. The third kappa shape index (κ3) is 2.99. The minimum atomic E-state index is -0.401. The van der Waals surface area contributed by atoms with Crippen LogP contribution in [0.3, 0.4) is 0 Å². The van der Waals surface area contributed by atoms with Crippen molar-refractivity contribution in [1.82, 2.24) is 0 Å². The second kappa shape index (κ2) is 5.10. The summed E-state index contributed by atoms with van der Waals surface area (Å²) in [5, 5.41) is 0. The molecule has 0 radical (unpaired) electrons. The molecule has 0 unspecified atom stereocenters. The molecule has 3 nitrogen and oxygen atoms in total. The maximum absolute atomic E-state index is 10.7. The van der Waals surface area contributed by atoms with Gasteiger partial charge in [0.15, 0.2) is 0 Å². The van der Waals surface area contributed by atoms with E-state index >= 15 is 0 Å². The number of rotatable bonds is 2. The summed E-state index contributed by atoms with van der Waals surface area (Å²) in [6, 6.07) is 0. The Balaban J connectivity index is 4.45. The van der Waals surface area contributed by atoms with Gasteiger partial charge in [-0.3, -0.25) is 0 Å². The molecular weight excluding hydrogens is 291 g/mol. The Labute approximate surface area is 90.2 Å². The molecule has 0 saturated carbocycles. The second-order valence-electron chi connectivity index (χ2n) is 1.65. The molecule has 0 heterocycles. The van der Waals surface area contributed by atoms with Crippen LogP contribution >= 0.6 is 0 Å². The summed E-state index contributed by atoms with van der Waals surface area (Å²) in [6.07, 6.45) is 0. The van der Waals surface area contributed by atoms with E-state index in [1.807, 2.05) is 0 Å². The summed E-state index contributed by atoms with van der Waals surface area (Å²) in [7, 11) is 1.32. The number of carbonyl (C=O) groups is 1. The Bertz CT molecular complexity index is 186. The summed E-state index contributed by atoms with van der Waals surface area (Å²) in [5.74, 6) is -0.401. The van der Waals surface area contributed by atoms with E-state index in [1.165, 1.54) is 7.85 Å². The van der Waals surface area contributed by atoms with E-state index in [-0.39, 0.29) is 0 Å². The first-order chi connectivity index (χ1) is 4.63. The van der Waals surface area contributed by atoms with Gasteiger partial charge in [-0.15, -0.1) is 0 Å². The molecule has 4 heteroatoms. The molecule has 64 valence electrons. The van der Waals surface area contributed by atoms with Gasteiger partial charge in [-0.05, 0) is 0 Å². The molecule has 0 aromatic carbocycles. The van der Waals surface area contributed by atoms with Crippen LogP contribution in [-0.2, 0) is 9.53 Å². The van der Waals surface area contributed by atoms with Gasteiger partial charge in [0.05, 0.1) is 0 Å². The van der Waals surface area contributed by atoms with Crippen molar-refractivity contribution in [2.75, 3.05) is 7.11 Å². The Hall–Kier alpha value is 0.399. The Morgan fingerprint density at radius 3 is 2.50 bits per heavy atom. The molecular formula is C6H9NO2Yb. The molecule has 0 saturated heterocycles. The van der Waals surface area contributed by atoms with Crippen LogP contribution in [-0.4, -0.2) is 13.8 Å². The zero-order valence-corrected chi connectivity index (χ0v) is 7.45. The van der Waals surface area contributed by atoms with Crippen molar-refractivity contribution in [1.29, 1.82) is 0 Å². The normalized spacial score (nSPS) is 12.0. The van der Waals surface area contributed by atoms with Crippen molar-refractivity contribution in [3.05, 3.63) is 11.3 Å². The molecule has 0 aromatic rings. The van der Waals surface area contributed by atoms with Gasteiger partial charge in [-0.25, -0.2) is 0 Å². The molecule has 2 N–H and O–H groups in total. The van der Waals surface area contributed by atoms with Crippen molar-refractivity contribution in [2.45, 2.75) is 6.92 Å². The van der Waals surface area contributed by atoms with Gasteiger partial charge in [-0.2, -0.15) is 0 Å². The van der Waals surface area contributed by atoms with Crippen LogP contribution in [0.5, 0.6) is 0 Å². The quantitative estimate of drug-likeness (QED) is 0.565. The SMILES string of the molecule is COC(=O)/C(C)=C(\N)[CH]=[Yb]. The molecule has 0 atom stereocenters. The molecule has 0 aliphatic carbocycles. The van der Waals surface area contributed by atoms with E-state index in [0.29, 0.717) is 11.3 Å². The Kier molecular flexibility index (Phi) is 5.31. The van der Waals surface area contributed by atoms with Crippen molar-refractivity contribution in [2.24, 2.45) is 5.73 Å². The molecule has 0 aliphatic rings. The molecule has 0 spiro atoms. The van der Waals surface area contributed by atoms with Crippen LogP contribution < -0.4 is 5.73 Å². The van der Waals surface area contributed by atoms with Crippen LogP contribution in [0.25, 0.3) is 0 Å². The number of carbonyl (C=O) groups excluding carboxylic acids is 1. The zero-order chi connectivity index (χ0) is 8.15. The van der Waals surface area contributed by atoms with E-state index < -0.39 is 5.97 Å². The number of esters is 1. The topological polar surface area (TPSA) is 52.3 Å². The van der Waals surface area contributed by atoms with Crippen LogP contribution in [0.1, 0.15) is 6.92 Å². The van der Waals surface area contributed by atoms with Crippen LogP contribution in [0, 0.1) is 44.1 Å². The van der Waals surface area contributed by atoms with Crippen LogP contribution in [0.4, 0.5) is 0 Å².